The van der Waals surface area contributed by atoms with Crippen LogP contribution in [0.1, 0.15) is 12.5 Å². The summed E-state index contributed by atoms with van der Waals surface area (Å²) in [5, 5.41) is 0. The first kappa shape index (κ1) is 12.2. The Balaban J connectivity index is 2.82. The van der Waals surface area contributed by atoms with Crippen molar-refractivity contribution in [3.8, 4) is 5.75 Å². The van der Waals surface area contributed by atoms with Crippen molar-refractivity contribution in [2.45, 2.75) is 13.3 Å². The van der Waals surface area contributed by atoms with Crippen molar-refractivity contribution in [2.24, 2.45) is 0 Å². The molecule has 84 valence electrons. The van der Waals surface area contributed by atoms with Crippen molar-refractivity contribution in [2.75, 3.05) is 0 Å². The smallest absolute Gasteiger partial charge is 0.162 e. The first-order valence-corrected chi connectivity index (χ1v) is 5.11. The van der Waals surface area contributed by atoms with Crippen LogP contribution in [0.25, 0.3) is 0 Å². The molecule has 0 radical (unpaired) electrons. The Labute approximate surface area is 95.6 Å². The normalized spacial score (nSPS) is 11.0. The van der Waals surface area contributed by atoms with Gasteiger partial charge < -0.3 is 4.74 Å². The SMILES string of the molecule is C=C/C=C(/Oc1ccc(CC)cc1)C(=C)F. The van der Waals surface area contributed by atoms with Gasteiger partial charge in [-0.1, -0.05) is 38.3 Å². The zero-order valence-corrected chi connectivity index (χ0v) is 9.37. The first-order valence-electron chi connectivity index (χ1n) is 5.11. The van der Waals surface area contributed by atoms with Gasteiger partial charge in [0.15, 0.2) is 11.6 Å². The van der Waals surface area contributed by atoms with Gasteiger partial charge in [0.05, 0.1) is 0 Å². The fourth-order valence-corrected chi connectivity index (χ4v) is 1.21. The summed E-state index contributed by atoms with van der Waals surface area (Å²) in [6, 6.07) is 7.50. The quantitative estimate of drug-likeness (QED) is 0.532. The Morgan fingerprint density at radius 3 is 2.44 bits per heavy atom. The number of benzene rings is 1. The minimum Gasteiger partial charge on any atom is -0.454 e. The third-order valence-electron chi connectivity index (χ3n) is 2.10. The lowest BCUT2D eigenvalue weighted by molar-refractivity contribution is 0.404. The summed E-state index contributed by atoms with van der Waals surface area (Å²) in [4.78, 5) is 0. The van der Waals surface area contributed by atoms with E-state index < -0.39 is 5.83 Å². The molecule has 0 fully saturated rings. The van der Waals surface area contributed by atoms with Crippen LogP contribution in [0.4, 0.5) is 4.39 Å². The lowest BCUT2D eigenvalue weighted by Crippen LogP contribution is -1.95. The van der Waals surface area contributed by atoms with Crippen LogP contribution in [0, 0.1) is 0 Å². The Morgan fingerprint density at radius 2 is 2.00 bits per heavy atom. The summed E-state index contributed by atoms with van der Waals surface area (Å²) >= 11 is 0. The molecule has 0 atom stereocenters. The molecule has 0 N–H and O–H groups in total. The molecule has 0 saturated heterocycles. The molecule has 1 rings (SSSR count). The molecule has 0 aliphatic heterocycles. The fourth-order valence-electron chi connectivity index (χ4n) is 1.21. The van der Waals surface area contributed by atoms with Crippen molar-refractivity contribution < 1.29 is 9.13 Å². The van der Waals surface area contributed by atoms with Gasteiger partial charge in [0.1, 0.15) is 5.75 Å². The number of ether oxygens (including phenoxy) is 1. The first-order chi connectivity index (χ1) is 7.67. The highest BCUT2D eigenvalue weighted by molar-refractivity contribution is 5.32. The molecule has 16 heavy (non-hydrogen) atoms. The average Bonchev–Trinajstić information content (AvgIpc) is 2.29. The maximum absolute atomic E-state index is 12.9. The van der Waals surface area contributed by atoms with E-state index in [9.17, 15) is 4.39 Å². The second-order valence-electron chi connectivity index (χ2n) is 3.27. The van der Waals surface area contributed by atoms with E-state index in [1.807, 2.05) is 12.1 Å². The highest BCUT2D eigenvalue weighted by atomic mass is 19.1. The fraction of sp³-hybridized carbons (Fsp3) is 0.143. The van der Waals surface area contributed by atoms with E-state index >= 15 is 0 Å². The van der Waals surface area contributed by atoms with Crippen LogP contribution in [0.15, 0.2) is 61.2 Å². The molecule has 0 saturated carbocycles. The van der Waals surface area contributed by atoms with Crippen LogP contribution in [-0.4, -0.2) is 0 Å². The molecule has 0 bridgehead atoms. The Kier molecular flexibility index (Phi) is 4.52. The molecule has 0 heterocycles. The number of allylic oxidation sites excluding steroid dienone is 3. The molecule has 0 aliphatic rings. The van der Waals surface area contributed by atoms with Crippen LogP contribution < -0.4 is 4.74 Å². The predicted octanol–water partition coefficient (Wildman–Crippen LogP) is 4.18. The van der Waals surface area contributed by atoms with Gasteiger partial charge in [0.2, 0.25) is 0 Å². The summed E-state index contributed by atoms with van der Waals surface area (Å²) in [5.41, 5.74) is 1.21. The van der Waals surface area contributed by atoms with Crippen molar-refractivity contribution in [1.29, 1.82) is 0 Å². The Morgan fingerprint density at radius 1 is 1.38 bits per heavy atom. The third kappa shape index (κ3) is 3.39. The summed E-state index contributed by atoms with van der Waals surface area (Å²) in [6.07, 6.45) is 3.86. The minimum atomic E-state index is -0.612. The van der Waals surface area contributed by atoms with E-state index in [0.29, 0.717) is 5.75 Å². The average molecular weight is 218 g/mol. The summed E-state index contributed by atoms with van der Waals surface area (Å²) < 4.78 is 18.3. The van der Waals surface area contributed by atoms with Gasteiger partial charge in [-0.15, -0.1) is 0 Å². The van der Waals surface area contributed by atoms with Crippen molar-refractivity contribution in [3.63, 3.8) is 0 Å². The highest BCUT2D eigenvalue weighted by Gasteiger charge is 2.03. The van der Waals surface area contributed by atoms with Gasteiger partial charge in [0, 0.05) is 0 Å². The second-order valence-corrected chi connectivity index (χ2v) is 3.27. The van der Waals surface area contributed by atoms with E-state index in [0.717, 1.165) is 6.42 Å². The van der Waals surface area contributed by atoms with Crippen LogP contribution in [-0.2, 0) is 6.42 Å². The number of rotatable bonds is 5. The second kappa shape index (κ2) is 5.91. The summed E-state index contributed by atoms with van der Waals surface area (Å²) in [5.74, 6) is 0.0582. The summed E-state index contributed by atoms with van der Waals surface area (Å²) in [6.45, 7) is 8.76. The molecular formula is C14H15FO. The lowest BCUT2D eigenvalue weighted by Gasteiger charge is -2.07. The third-order valence-corrected chi connectivity index (χ3v) is 2.10. The summed E-state index contributed by atoms with van der Waals surface area (Å²) in [7, 11) is 0. The standard InChI is InChI=1S/C14H15FO/c1-4-6-14(11(3)15)16-13-9-7-12(5-2)8-10-13/h4,6-10H,1,3,5H2,2H3/b14-6+. The largest absolute Gasteiger partial charge is 0.454 e. The van der Waals surface area contributed by atoms with Gasteiger partial charge in [-0.2, -0.15) is 0 Å². The van der Waals surface area contributed by atoms with Crippen molar-refractivity contribution in [3.05, 3.63) is 66.7 Å². The monoisotopic (exact) mass is 218 g/mol. The van der Waals surface area contributed by atoms with Crippen LogP contribution in [0.5, 0.6) is 5.75 Å². The molecule has 1 nitrogen and oxygen atoms in total. The van der Waals surface area contributed by atoms with E-state index in [1.165, 1.54) is 17.7 Å². The molecule has 0 unspecified atom stereocenters. The van der Waals surface area contributed by atoms with Crippen molar-refractivity contribution >= 4 is 0 Å². The van der Waals surface area contributed by atoms with E-state index in [-0.39, 0.29) is 5.76 Å². The zero-order chi connectivity index (χ0) is 12.0. The van der Waals surface area contributed by atoms with Gasteiger partial charge in [-0.25, -0.2) is 4.39 Å². The molecular weight excluding hydrogens is 203 g/mol. The molecule has 0 amide bonds. The molecule has 0 aliphatic carbocycles. The van der Waals surface area contributed by atoms with Crippen LogP contribution >= 0.6 is 0 Å². The highest BCUT2D eigenvalue weighted by Crippen LogP contribution is 2.19. The van der Waals surface area contributed by atoms with Crippen molar-refractivity contribution in [1.82, 2.24) is 0 Å². The molecule has 0 aromatic heterocycles. The van der Waals surface area contributed by atoms with Gasteiger partial charge in [-0.3, -0.25) is 0 Å². The van der Waals surface area contributed by atoms with Gasteiger partial charge in [-0.05, 0) is 30.2 Å². The van der Waals surface area contributed by atoms with E-state index in [1.54, 1.807) is 12.1 Å². The number of hydrogen-bond acceptors (Lipinski definition) is 1. The molecule has 0 spiro atoms. The number of hydrogen-bond donors (Lipinski definition) is 0. The topological polar surface area (TPSA) is 9.23 Å². The maximum Gasteiger partial charge on any atom is 0.162 e. The zero-order valence-electron chi connectivity index (χ0n) is 9.37. The van der Waals surface area contributed by atoms with Gasteiger partial charge in [0.25, 0.3) is 0 Å². The van der Waals surface area contributed by atoms with Gasteiger partial charge >= 0.3 is 0 Å². The Hall–Kier alpha value is -1.83. The van der Waals surface area contributed by atoms with Crippen LogP contribution in [0.2, 0.25) is 0 Å². The number of aryl methyl sites for hydroxylation is 1. The number of halogens is 1. The van der Waals surface area contributed by atoms with Crippen LogP contribution in [0.3, 0.4) is 0 Å². The maximum atomic E-state index is 12.9. The predicted molar refractivity (Wildman–Crippen MR) is 65.0 cm³/mol. The Bertz CT molecular complexity index is 401. The van der Waals surface area contributed by atoms with E-state index in [4.69, 9.17) is 4.74 Å². The molecule has 2 heteroatoms. The minimum absolute atomic E-state index is 0.0826. The molecule has 1 aromatic carbocycles. The lowest BCUT2D eigenvalue weighted by atomic mass is 10.2. The van der Waals surface area contributed by atoms with E-state index in [2.05, 4.69) is 20.1 Å². The molecule has 1 aromatic rings.